The minimum Gasteiger partial charge on any atom is -0.480 e. The summed E-state index contributed by atoms with van der Waals surface area (Å²) >= 11 is 0. The fourth-order valence-electron chi connectivity index (χ4n) is 1.04. The largest absolute Gasteiger partial charge is 0.480 e. The minimum absolute atomic E-state index is 0.257. The molecule has 0 rings (SSSR count). The van der Waals surface area contributed by atoms with Gasteiger partial charge in [0.1, 0.15) is 6.04 Å². The predicted molar refractivity (Wildman–Crippen MR) is 57.4 cm³/mol. The number of amides is 1. The van der Waals surface area contributed by atoms with Crippen molar-refractivity contribution in [1.82, 2.24) is 5.32 Å². The van der Waals surface area contributed by atoms with Gasteiger partial charge in [-0.1, -0.05) is 6.92 Å². The van der Waals surface area contributed by atoms with E-state index in [2.05, 4.69) is 5.32 Å². The van der Waals surface area contributed by atoms with Crippen LogP contribution in [0.25, 0.3) is 0 Å². The number of nitrogens with one attached hydrogen (secondary N) is 1. The average molecular weight is 216 g/mol. The van der Waals surface area contributed by atoms with Crippen molar-refractivity contribution in [1.29, 1.82) is 0 Å². The number of carboxylic acid groups (broad SMARTS) is 1. The molecule has 0 radical (unpaired) electrons. The zero-order chi connectivity index (χ0) is 12.1. The molecule has 0 aromatic carbocycles. The van der Waals surface area contributed by atoms with Crippen molar-refractivity contribution in [2.45, 2.75) is 51.6 Å². The van der Waals surface area contributed by atoms with Crippen LogP contribution in [0.5, 0.6) is 0 Å². The van der Waals surface area contributed by atoms with E-state index in [1.54, 1.807) is 6.92 Å². The summed E-state index contributed by atoms with van der Waals surface area (Å²) in [5.41, 5.74) is 5.31. The summed E-state index contributed by atoms with van der Waals surface area (Å²) in [5.74, 6) is -1.26. The zero-order valence-electron chi connectivity index (χ0n) is 9.54. The molecule has 5 nitrogen and oxygen atoms in total. The molecule has 0 aliphatic carbocycles. The van der Waals surface area contributed by atoms with E-state index in [0.29, 0.717) is 12.8 Å². The molecule has 0 fully saturated rings. The molecule has 5 heteroatoms. The van der Waals surface area contributed by atoms with Crippen LogP contribution < -0.4 is 11.1 Å². The summed E-state index contributed by atoms with van der Waals surface area (Å²) < 4.78 is 0. The van der Waals surface area contributed by atoms with Gasteiger partial charge in [0.15, 0.2) is 0 Å². The van der Waals surface area contributed by atoms with E-state index in [-0.39, 0.29) is 12.3 Å². The second-order valence-electron chi connectivity index (χ2n) is 4.36. The van der Waals surface area contributed by atoms with Gasteiger partial charge in [-0.05, 0) is 26.7 Å². The molecule has 0 aliphatic heterocycles. The number of carbonyl (C=O) groups excluding carboxylic acids is 1. The van der Waals surface area contributed by atoms with E-state index < -0.39 is 17.6 Å². The predicted octanol–water partition coefficient (Wildman–Crippen LogP) is 0.483. The minimum atomic E-state index is -1.00. The Balaban J connectivity index is 3.98. The normalized spacial score (nSPS) is 13.3. The van der Waals surface area contributed by atoms with E-state index in [0.717, 1.165) is 0 Å². The standard InChI is InChI=1S/C10H20N2O3/c1-4-7(9(14)15)12-8(13)5-6-10(2,3)11/h7H,4-6,11H2,1-3H3,(H,12,13)(H,14,15)/t7-/m1/s1. The van der Waals surface area contributed by atoms with Gasteiger partial charge in [0.25, 0.3) is 0 Å². The summed E-state index contributed by atoms with van der Waals surface area (Å²) in [6.45, 7) is 5.37. The Bertz CT molecular complexity index is 233. The molecule has 0 spiro atoms. The van der Waals surface area contributed by atoms with Gasteiger partial charge in [0.2, 0.25) is 5.91 Å². The maximum absolute atomic E-state index is 11.3. The number of carbonyl (C=O) groups is 2. The number of nitrogens with two attached hydrogens (primary N) is 1. The lowest BCUT2D eigenvalue weighted by molar-refractivity contribution is -0.141. The Kier molecular flexibility index (Phi) is 5.28. The fourth-order valence-corrected chi connectivity index (χ4v) is 1.04. The first-order chi connectivity index (χ1) is 6.76. The van der Waals surface area contributed by atoms with Crippen molar-refractivity contribution in [3.8, 4) is 0 Å². The Morgan fingerprint density at radius 2 is 2.00 bits per heavy atom. The number of hydrogen-bond donors (Lipinski definition) is 3. The molecule has 0 bridgehead atoms. The average Bonchev–Trinajstić information content (AvgIpc) is 2.09. The summed E-state index contributed by atoms with van der Waals surface area (Å²) in [5, 5.41) is 11.2. The fraction of sp³-hybridized carbons (Fsp3) is 0.800. The van der Waals surface area contributed by atoms with Crippen molar-refractivity contribution in [3.63, 3.8) is 0 Å². The maximum Gasteiger partial charge on any atom is 0.326 e. The molecule has 0 saturated heterocycles. The third kappa shape index (κ3) is 6.90. The molecule has 4 N–H and O–H groups in total. The van der Waals surface area contributed by atoms with Crippen molar-refractivity contribution in [3.05, 3.63) is 0 Å². The number of hydrogen-bond acceptors (Lipinski definition) is 3. The van der Waals surface area contributed by atoms with E-state index >= 15 is 0 Å². The lowest BCUT2D eigenvalue weighted by Crippen LogP contribution is -2.41. The van der Waals surface area contributed by atoms with Gasteiger partial charge >= 0.3 is 5.97 Å². The summed E-state index contributed by atoms with van der Waals surface area (Å²) in [6, 6.07) is -0.793. The smallest absolute Gasteiger partial charge is 0.326 e. The van der Waals surface area contributed by atoms with Gasteiger partial charge < -0.3 is 16.2 Å². The summed E-state index contributed by atoms with van der Waals surface area (Å²) in [6.07, 6.45) is 1.18. The highest BCUT2D eigenvalue weighted by Gasteiger charge is 2.19. The second kappa shape index (κ2) is 5.70. The Labute approximate surface area is 90.0 Å². The molecule has 1 atom stereocenters. The molecular weight excluding hydrogens is 196 g/mol. The number of aliphatic carboxylic acids is 1. The Hall–Kier alpha value is -1.10. The highest BCUT2D eigenvalue weighted by atomic mass is 16.4. The molecule has 0 aromatic heterocycles. The summed E-state index contributed by atoms with van der Waals surface area (Å²) in [7, 11) is 0. The van der Waals surface area contributed by atoms with Crippen LogP contribution in [0.2, 0.25) is 0 Å². The van der Waals surface area contributed by atoms with E-state index in [9.17, 15) is 9.59 Å². The lowest BCUT2D eigenvalue weighted by atomic mass is 10.00. The van der Waals surface area contributed by atoms with Gasteiger partial charge in [-0.2, -0.15) is 0 Å². The highest BCUT2D eigenvalue weighted by Crippen LogP contribution is 2.06. The third-order valence-corrected chi connectivity index (χ3v) is 2.04. The quantitative estimate of drug-likeness (QED) is 0.602. The summed E-state index contributed by atoms with van der Waals surface area (Å²) in [4.78, 5) is 22.0. The van der Waals surface area contributed by atoms with Crippen molar-refractivity contribution < 1.29 is 14.7 Å². The molecule has 0 aromatic rings. The number of carboxylic acids is 1. The molecule has 0 heterocycles. The van der Waals surface area contributed by atoms with Crippen LogP contribution in [0.4, 0.5) is 0 Å². The van der Waals surface area contributed by atoms with Crippen LogP contribution in [0.3, 0.4) is 0 Å². The monoisotopic (exact) mass is 216 g/mol. The van der Waals surface area contributed by atoms with Gasteiger partial charge in [0.05, 0.1) is 0 Å². The topological polar surface area (TPSA) is 92.4 Å². The molecular formula is C10H20N2O3. The Morgan fingerprint density at radius 1 is 1.47 bits per heavy atom. The van der Waals surface area contributed by atoms with Crippen LogP contribution in [0.1, 0.15) is 40.0 Å². The van der Waals surface area contributed by atoms with Crippen LogP contribution in [-0.4, -0.2) is 28.6 Å². The molecule has 88 valence electrons. The van der Waals surface area contributed by atoms with Gasteiger partial charge in [-0.15, -0.1) is 0 Å². The molecule has 0 aliphatic rings. The van der Waals surface area contributed by atoms with Crippen LogP contribution in [-0.2, 0) is 9.59 Å². The van der Waals surface area contributed by atoms with Crippen molar-refractivity contribution in [2.75, 3.05) is 0 Å². The molecule has 0 unspecified atom stereocenters. The first kappa shape index (κ1) is 13.9. The van der Waals surface area contributed by atoms with E-state index in [1.165, 1.54) is 0 Å². The SMILES string of the molecule is CC[C@@H](NC(=O)CCC(C)(C)N)C(=O)O. The molecule has 0 saturated carbocycles. The maximum atomic E-state index is 11.3. The highest BCUT2D eigenvalue weighted by molar-refractivity contribution is 5.83. The molecule has 15 heavy (non-hydrogen) atoms. The lowest BCUT2D eigenvalue weighted by Gasteiger charge is -2.18. The van der Waals surface area contributed by atoms with Crippen LogP contribution >= 0.6 is 0 Å². The van der Waals surface area contributed by atoms with Gasteiger partial charge in [-0.3, -0.25) is 4.79 Å². The third-order valence-electron chi connectivity index (χ3n) is 2.04. The number of rotatable bonds is 6. The van der Waals surface area contributed by atoms with Gasteiger partial charge in [-0.25, -0.2) is 4.79 Å². The van der Waals surface area contributed by atoms with Crippen LogP contribution in [0, 0.1) is 0 Å². The van der Waals surface area contributed by atoms with Crippen molar-refractivity contribution in [2.24, 2.45) is 5.73 Å². The first-order valence-corrected chi connectivity index (χ1v) is 5.07. The second-order valence-corrected chi connectivity index (χ2v) is 4.36. The molecule has 1 amide bonds. The van der Waals surface area contributed by atoms with E-state index in [4.69, 9.17) is 10.8 Å². The zero-order valence-corrected chi connectivity index (χ0v) is 9.54. The van der Waals surface area contributed by atoms with Crippen molar-refractivity contribution >= 4 is 11.9 Å². The van der Waals surface area contributed by atoms with E-state index in [1.807, 2.05) is 13.8 Å². The Morgan fingerprint density at radius 3 is 2.33 bits per heavy atom. The van der Waals surface area contributed by atoms with Crippen LogP contribution in [0.15, 0.2) is 0 Å². The van der Waals surface area contributed by atoms with Gasteiger partial charge in [0, 0.05) is 12.0 Å². The first-order valence-electron chi connectivity index (χ1n) is 5.07.